The second-order valence-electron chi connectivity index (χ2n) is 5.27. The van der Waals surface area contributed by atoms with Crippen LogP contribution >= 0.6 is 23.7 Å². The van der Waals surface area contributed by atoms with Crippen molar-refractivity contribution in [3.05, 3.63) is 17.5 Å². The van der Waals surface area contributed by atoms with Crippen molar-refractivity contribution in [2.75, 3.05) is 13.1 Å². The van der Waals surface area contributed by atoms with E-state index in [9.17, 15) is 13.2 Å². The number of piperidine rings is 1. The minimum absolute atomic E-state index is 0. The van der Waals surface area contributed by atoms with Gasteiger partial charge >= 0.3 is 0 Å². The van der Waals surface area contributed by atoms with Gasteiger partial charge in [-0.25, -0.2) is 13.1 Å². The summed E-state index contributed by atoms with van der Waals surface area (Å²) in [5, 5.41) is 1.69. The van der Waals surface area contributed by atoms with E-state index < -0.39 is 10.0 Å². The molecule has 126 valence electrons. The minimum Gasteiger partial charge on any atom is -0.337 e. The average molecular weight is 368 g/mol. The van der Waals surface area contributed by atoms with E-state index >= 15 is 0 Å². The molecule has 0 spiro atoms. The van der Waals surface area contributed by atoms with Gasteiger partial charge in [0.15, 0.2) is 0 Å². The normalized spacial score (nSPS) is 20.3. The predicted octanol–water partition coefficient (Wildman–Crippen LogP) is 1.18. The maximum Gasteiger partial charge on any atom is 0.250 e. The quantitative estimate of drug-likeness (QED) is 0.817. The topological polar surface area (TPSA) is 92.5 Å². The van der Waals surface area contributed by atoms with Crippen molar-refractivity contribution in [2.45, 2.75) is 42.5 Å². The largest absolute Gasteiger partial charge is 0.337 e. The third-order valence-electron chi connectivity index (χ3n) is 3.65. The average Bonchev–Trinajstić information content (AvgIpc) is 3.00. The Hall–Kier alpha value is -0.670. The predicted molar refractivity (Wildman–Crippen MR) is 89.8 cm³/mol. The first-order chi connectivity index (χ1) is 9.92. The molecule has 0 radical (unpaired) electrons. The first-order valence-electron chi connectivity index (χ1n) is 7.00. The molecule has 2 unspecified atom stereocenters. The summed E-state index contributed by atoms with van der Waals surface area (Å²) in [6.45, 7) is 2.31. The first kappa shape index (κ1) is 19.4. The number of halogens is 1. The van der Waals surface area contributed by atoms with E-state index in [2.05, 4.69) is 4.72 Å². The maximum absolute atomic E-state index is 12.3. The van der Waals surface area contributed by atoms with Crippen LogP contribution in [0.3, 0.4) is 0 Å². The lowest BCUT2D eigenvalue weighted by Gasteiger charge is -2.38. The molecule has 1 fully saturated rings. The lowest BCUT2D eigenvalue weighted by Crippen LogP contribution is -2.54. The number of nitrogens with zero attached hydrogens (tertiary/aromatic N) is 1. The number of likely N-dealkylation sites (tertiary alicyclic amines) is 1. The van der Waals surface area contributed by atoms with E-state index in [-0.39, 0.29) is 41.2 Å². The molecule has 3 N–H and O–H groups in total. The number of nitrogens with two attached hydrogens (primary N) is 1. The van der Waals surface area contributed by atoms with Crippen molar-refractivity contribution in [3.63, 3.8) is 0 Å². The summed E-state index contributed by atoms with van der Waals surface area (Å²) in [6.07, 6.45) is 2.87. The number of carbonyl (C=O) groups is 1. The fourth-order valence-electron chi connectivity index (χ4n) is 2.56. The van der Waals surface area contributed by atoms with Crippen LogP contribution in [0.15, 0.2) is 21.7 Å². The van der Waals surface area contributed by atoms with E-state index in [0.717, 1.165) is 30.6 Å². The van der Waals surface area contributed by atoms with E-state index in [0.29, 0.717) is 6.54 Å². The molecular formula is C13H22ClN3O3S2. The molecule has 22 heavy (non-hydrogen) atoms. The molecular weight excluding hydrogens is 346 g/mol. The number of thiophene rings is 1. The third kappa shape index (κ3) is 4.66. The fourth-order valence-corrected chi connectivity index (χ4v) is 4.57. The summed E-state index contributed by atoms with van der Waals surface area (Å²) in [6, 6.07) is 3.07. The highest BCUT2D eigenvalue weighted by Crippen LogP contribution is 2.19. The molecule has 2 heterocycles. The lowest BCUT2D eigenvalue weighted by molar-refractivity contribution is -0.134. The molecule has 1 aromatic heterocycles. The molecule has 9 heteroatoms. The van der Waals surface area contributed by atoms with Crippen molar-refractivity contribution >= 4 is 39.7 Å². The lowest BCUT2D eigenvalue weighted by atomic mass is 9.97. The molecule has 1 saturated heterocycles. The monoisotopic (exact) mass is 367 g/mol. The van der Waals surface area contributed by atoms with Crippen molar-refractivity contribution in [1.82, 2.24) is 9.62 Å². The molecule has 1 aliphatic rings. The number of carbonyl (C=O) groups excluding carboxylic acids is 1. The highest BCUT2D eigenvalue weighted by Gasteiger charge is 2.29. The van der Waals surface area contributed by atoms with Gasteiger partial charge in [0.2, 0.25) is 5.91 Å². The van der Waals surface area contributed by atoms with E-state index in [4.69, 9.17) is 5.73 Å². The van der Waals surface area contributed by atoms with Crippen molar-refractivity contribution < 1.29 is 13.2 Å². The highest BCUT2D eigenvalue weighted by atomic mass is 35.5. The Morgan fingerprint density at radius 1 is 1.55 bits per heavy atom. The van der Waals surface area contributed by atoms with E-state index in [1.165, 1.54) is 6.07 Å². The third-order valence-corrected chi connectivity index (χ3v) is 6.45. The molecule has 0 aliphatic carbocycles. The van der Waals surface area contributed by atoms with Crippen LogP contribution in [-0.2, 0) is 14.8 Å². The number of rotatable bonds is 5. The Balaban J connectivity index is 0.00000242. The maximum atomic E-state index is 12.3. The summed E-state index contributed by atoms with van der Waals surface area (Å²) in [4.78, 5) is 14.0. The molecule has 0 aromatic carbocycles. The molecule has 1 amide bonds. The Kier molecular flexibility index (Phi) is 7.27. The van der Waals surface area contributed by atoms with Gasteiger partial charge in [-0.2, -0.15) is 0 Å². The zero-order chi connectivity index (χ0) is 15.5. The fraction of sp³-hybridized carbons (Fsp3) is 0.615. The summed E-state index contributed by atoms with van der Waals surface area (Å²) < 4.78 is 26.6. The number of sulfonamides is 1. The van der Waals surface area contributed by atoms with Gasteiger partial charge in [-0.3, -0.25) is 4.79 Å². The van der Waals surface area contributed by atoms with Crippen LogP contribution in [0.4, 0.5) is 0 Å². The van der Waals surface area contributed by atoms with Gasteiger partial charge in [-0.05, 0) is 37.6 Å². The Bertz CT molecular complexity index is 575. The van der Waals surface area contributed by atoms with Gasteiger partial charge in [0.25, 0.3) is 10.0 Å². The molecule has 6 nitrogen and oxygen atoms in total. The Morgan fingerprint density at radius 3 is 2.86 bits per heavy atom. The van der Waals surface area contributed by atoms with Crippen LogP contribution in [0.2, 0.25) is 0 Å². The van der Waals surface area contributed by atoms with E-state index in [1.807, 2.05) is 6.92 Å². The van der Waals surface area contributed by atoms with E-state index in [1.54, 1.807) is 16.3 Å². The van der Waals surface area contributed by atoms with Gasteiger partial charge in [-0.1, -0.05) is 6.07 Å². The Labute approximate surface area is 141 Å². The SMILES string of the molecule is CC(N)C1CCCCN1C(=O)CNS(=O)(=O)c1cccs1.Cl. The Morgan fingerprint density at radius 2 is 2.27 bits per heavy atom. The van der Waals surface area contributed by atoms with Gasteiger partial charge in [0.05, 0.1) is 6.54 Å². The van der Waals surface area contributed by atoms with Gasteiger partial charge < -0.3 is 10.6 Å². The summed E-state index contributed by atoms with van der Waals surface area (Å²) in [5.74, 6) is -0.211. The summed E-state index contributed by atoms with van der Waals surface area (Å²) in [7, 11) is -3.60. The van der Waals surface area contributed by atoms with Crippen LogP contribution in [-0.4, -0.2) is 44.4 Å². The van der Waals surface area contributed by atoms with Crippen molar-refractivity contribution in [1.29, 1.82) is 0 Å². The van der Waals surface area contributed by atoms with Gasteiger partial charge in [0, 0.05) is 18.6 Å². The molecule has 0 bridgehead atoms. The zero-order valence-corrected chi connectivity index (χ0v) is 14.8. The number of nitrogens with one attached hydrogen (secondary N) is 1. The van der Waals surface area contributed by atoms with Crippen LogP contribution in [0.25, 0.3) is 0 Å². The van der Waals surface area contributed by atoms with Crippen molar-refractivity contribution in [2.24, 2.45) is 5.73 Å². The zero-order valence-electron chi connectivity index (χ0n) is 12.4. The number of hydrogen-bond donors (Lipinski definition) is 2. The van der Waals surface area contributed by atoms with Crippen LogP contribution in [0.5, 0.6) is 0 Å². The second kappa shape index (κ2) is 8.26. The molecule has 1 aromatic rings. The first-order valence-corrected chi connectivity index (χ1v) is 9.36. The molecule has 2 rings (SSSR count). The molecule has 1 aliphatic heterocycles. The number of hydrogen-bond acceptors (Lipinski definition) is 5. The smallest absolute Gasteiger partial charge is 0.250 e. The molecule has 2 atom stereocenters. The van der Waals surface area contributed by atoms with Crippen LogP contribution < -0.4 is 10.5 Å². The summed E-state index contributed by atoms with van der Waals surface area (Å²) in [5.41, 5.74) is 5.92. The molecule has 0 saturated carbocycles. The number of amides is 1. The summed E-state index contributed by atoms with van der Waals surface area (Å²) >= 11 is 1.13. The minimum atomic E-state index is -3.60. The van der Waals surface area contributed by atoms with Gasteiger partial charge in [0.1, 0.15) is 4.21 Å². The second-order valence-corrected chi connectivity index (χ2v) is 8.21. The van der Waals surface area contributed by atoms with Crippen molar-refractivity contribution in [3.8, 4) is 0 Å². The van der Waals surface area contributed by atoms with Gasteiger partial charge in [-0.15, -0.1) is 23.7 Å². The van der Waals surface area contributed by atoms with Crippen LogP contribution in [0.1, 0.15) is 26.2 Å². The van der Waals surface area contributed by atoms with Crippen LogP contribution in [0, 0.1) is 0 Å². The highest BCUT2D eigenvalue weighted by molar-refractivity contribution is 7.91. The standard InChI is InChI=1S/C13H21N3O3S2.ClH/c1-10(14)11-5-2-3-7-16(11)12(17)9-15-21(18,19)13-6-4-8-20-13;/h4,6,8,10-11,15H,2-3,5,7,9,14H2,1H3;1H.